The number of amides is 4. The number of likely N-dealkylation sites (tertiary alicyclic amines) is 1. The number of carbonyl (C=O) groups excluding carboxylic acids is 3. The highest BCUT2D eigenvalue weighted by atomic mass is 35.5. The molecule has 0 bridgehead atoms. The third-order valence-corrected chi connectivity index (χ3v) is 4.47. The Balaban J connectivity index is 1.89. The molecular formula is C16H17Cl2F3N4O3. The quantitative estimate of drug-likeness (QED) is 0.656. The molecule has 0 spiro atoms. The van der Waals surface area contributed by atoms with Crippen molar-refractivity contribution in [3.05, 3.63) is 28.2 Å². The predicted molar refractivity (Wildman–Crippen MR) is 97.3 cm³/mol. The van der Waals surface area contributed by atoms with Gasteiger partial charge in [0.1, 0.15) is 6.54 Å². The van der Waals surface area contributed by atoms with Crippen LogP contribution in [0, 0.1) is 0 Å². The van der Waals surface area contributed by atoms with Crippen LogP contribution in [0.3, 0.4) is 0 Å². The Bertz CT molecular complexity index is 761. The van der Waals surface area contributed by atoms with Crippen LogP contribution in [0.1, 0.15) is 12.8 Å². The summed E-state index contributed by atoms with van der Waals surface area (Å²) in [5.74, 6) is -1.23. The van der Waals surface area contributed by atoms with Crippen molar-refractivity contribution in [1.82, 2.24) is 15.5 Å². The van der Waals surface area contributed by atoms with Crippen molar-refractivity contribution in [2.45, 2.75) is 25.1 Å². The number of alkyl halides is 3. The molecule has 1 aromatic carbocycles. The minimum absolute atomic E-state index is 0.293. The van der Waals surface area contributed by atoms with Crippen molar-refractivity contribution in [3.8, 4) is 0 Å². The van der Waals surface area contributed by atoms with Gasteiger partial charge in [0.15, 0.2) is 0 Å². The largest absolute Gasteiger partial charge is 0.405 e. The van der Waals surface area contributed by atoms with Gasteiger partial charge in [0.25, 0.3) is 0 Å². The zero-order valence-electron chi connectivity index (χ0n) is 14.4. The van der Waals surface area contributed by atoms with Gasteiger partial charge in [-0.05, 0) is 37.6 Å². The van der Waals surface area contributed by atoms with Crippen LogP contribution in [-0.2, 0) is 9.59 Å². The molecule has 7 nitrogen and oxygen atoms in total. The number of halogens is 5. The van der Waals surface area contributed by atoms with Crippen molar-refractivity contribution in [3.63, 3.8) is 0 Å². The minimum Gasteiger partial charge on any atom is -0.329 e. The third kappa shape index (κ3) is 6.84. The van der Waals surface area contributed by atoms with Gasteiger partial charge in [-0.25, -0.2) is 4.79 Å². The first-order valence-electron chi connectivity index (χ1n) is 8.19. The van der Waals surface area contributed by atoms with E-state index in [9.17, 15) is 27.6 Å². The Morgan fingerprint density at radius 3 is 2.61 bits per heavy atom. The van der Waals surface area contributed by atoms with Gasteiger partial charge in [0.05, 0.1) is 23.3 Å². The van der Waals surface area contributed by atoms with Gasteiger partial charge in [-0.1, -0.05) is 23.2 Å². The van der Waals surface area contributed by atoms with E-state index in [0.29, 0.717) is 35.1 Å². The topological polar surface area (TPSA) is 90.5 Å². The fourth-order valence-corrected chi connectivity index (χ4v) is 3.03. The maximum atomic E-state index is 12.5. The SMILES string of the molecule is O=C(CN1CCCC1C(=O)Nc1cc(Cl)ccc1Cl)NC(=O)NCC(F)(F)F. The summed E-state index contributed by atoms with van der Waals surface area (Å²) in [6.45, 7) is -1.46. The molecule has 1 aromatic rings. The van der Waals surface area contributed by atoms with E-state index < -0.39 is 36.6 Å². The van der Waals surface area contributed by atoms with Crippen LogP contribution in [0.4, 0.5) is 23.7 Å². The van der Waals surface area contributed by atoms with Crippen molar-refractivity contribution in [2.24, 2.45) is 0 Å². The lowest BCUT2D eigenvalue weighted by molar-refractivity contribution is -0.126. The summed E-state index contributed by atoms with van der Waals surface area (Å²) < 4.78 is 36.2. The number of anilines is 1. The first kappa shape index (κ1) is 22.3. The zero-order chi connectivity index (χ0) is 20.9. The van der Waals surface area contributed by atoms with Crippen molar-refractivity contribution in [2.75, 3.05) is 25.0 Å². The summed E-state index contributed by atoms with van der Waals surface area (Å²) in [5.41, 5.74) is 0.321. The van der Waals surface area contributed by atoms with E-state index in [1.807, 2.05) is 0 Å². The zero-order valence-corrected chi connectivity index (χ0v) is 15.9. The van der Waals surface area contributed by atoms with Gasteiger partial charge in [-0.2, -0.15) is 13.2 Å². The number of nitrogens with one attached hydrogen (secondary N) is 3. The number of urea groups is 1. The van der Waals surface area contributed by atoms with E-state index in [2.05, 4.69) is 5.32 Å². The highest BCUT2D eigenvalue weighted by Gasteiger charge is 2.33. The second-order valence-electron chi connectivity index (χ2n) is 6.09. The average molecular weight is 441 g/mol. The van der Waals surface area contributed by atoms with E-state index in [1.54, 1.807) is 11.4 Å². The monoisotopic (exact) mass is 440 g/mol. The summed E-state index contributed by atoms with van der Waals surface area (Å²) in [5, 5.41) is 6.66. The first-order chi connectivity index (χ1) is 13.0. The van der Waals surface area contributed by atoms with E-state index in [0.717, 1.165) is 0 Å². The lowest BCUT2D eigenvalue weighted by Gasteiger charge is -2.23. The number of carbonyl (C=O) groups is 3. The molecule has 0 aliphatic carbocycles. The third-order valence-electron chi connectivity index (χ3n) is 3.90. The summed E-state index contributed by atoms with van der Waals surface area (Å²) in [4.78, 5) is 37.3. The standard InChI is InChI=1S/C16H17Cl2F3N4O3/c17-9-3-4-10(18)11(6-9)23-14(27)12-2-1-5-25(12)7-13(26)24-15(28)22-8-16(19,20)21/h3-4,6,12H,1-2,5,7-8H2,(H,23,27)(H2,22,24,26,28). The van der Waals surface area contributed by atoms with Gasteiger partial charge in [0.2, 0.25) is 11.8 Å². The molecule has 4 amide bonds. The lowest BCUT2D eigenvalue weighted by Crippen LogP contribution is -2.49. The molecule has 2 rings (SSSR count). The molecule has 3 N–H and O–H groups in total. The van der Waals surface area contributed by atoms with Crippen LogP contribution in [0.2, 0.25) is 10.0 Å². The smallest absolute Gasteiger partial charge is 0.329 e. The molecule has 1 unspecified atom stereocenters. The van der Waals surface area contributed by atoms with E-state index in [4.69, 9.17) is 23.2 Å². The number of benzene rings is 1. The molecule has 1 aliphatic rings. The summed E-state index contributed by atoms with van der Waals surface area (Å²) in [6.07, 6.45) is -3.48. The normalized spacial score (nSPS) is 17.2. The molecule has 154 valence electrons. The van der Waals surface area contributed by atoms with Crippen LogP contribution in [0.25, 0.3) is 0 Å². The number of imide groups is 1. The van der Waals surface area contributed by atoms with Gasteiger partial charge >= 0.3 is 12.2 Å². The Hall–Kier alpha value is -2.04. The molecule has 0 saturated carbocycles. The first-order valence-corrected chi connectivity index (χ1v) is 8.95. The van der Waals surface area contributed by atoms with Crippen molar-refractivity contribution in [1.29, 1.82) is 0 Å². The highest BCUT2D eigenvalue weighted by molar-refractivity contribution is 6.35. The number of rotatable bonds is 5. The van der Waals surface area contributed by atoms with E-state index in [-0.39, 0.29) is 6.54 Å². The minimum atomic E-state index is -4.58. The Morgan fingerprint density at radius 2 is 1.93 bits per heavy atom. The highest BCUT2D eigenvalue weighted by Crippen LogP contribution is 2.27. The molecule has 1 fully saturated rings. The van der Waals surface area contributed by atoms with E-state index >= 15 is 0 Å². The van der Waals surface area contributed by atoms with Gasteiger partial charge in [-0.15, -0.1) is 0 Å². The Labute approximate surface area is 168 Å². The maximum Gasteiger partial charge on any atom is 0.405 e. The second kappa shape index (κ2) is 9.44. The summed E-state index contributed by atoms with van der Waals surface area (Å²) >= 11 is 11.9. The molecule has 0 radical (unpaired) electrons. The summed E-state index contributed by atoms with van der Waals surface area (Å²) in [7, 11) is 0. The van der Waals surface area contributed by atoms with Crippen LogP contribution in [0.15, 0.2) is 18.2 Å². The molecular weight excluding hydrogens is 424 g/mol. The van der Waals surface area contributed by atoms with Crippen molar-refractivity contribution < 1.29 is 27.6 Å². The average Bonchev–Trinajstić information content (AvgIpc) is 3.03. The van der Waals surface area contributed by atoms with Crippen LogP contribution < -0.4 is 16.0 Å². The molecule has 1 atom stereocenters. The Morgan fingerprint density at radius 1 is 1.21 bits per heavy atom. The van der Waals surface area contributed by atoms with Crippen LogP contribution in [-0.4, -0.2) is 54.6 Å². The van der Waals surface area contributed by atoms with E-state index in [1.165, 1.54) is 22.3 Å². The van der Waals surface area contributed by atoms with Gasteiger partial charge < -0.3 is 10.6 Å². The Kier molecular flexibility index (Phi) is 7.50. The fourth-order valence-electron chi connectivity index (χ4n) is 2.70. The van der Waals surface area contributed by atoms with Gasteiger partial charge in [-0.3, -0.25) is 19.8 Å². The van der Waals surface area contributed by atoms with Gasteiger partial charge in [0, 0.05) is 5.02 Å². The molecule has 1 heterocycles. The number of nitrogens with zero attached hydrogens (tertiary/aromatic N) is 1. The molecule has 12 heteroatoms. The van der Waals surface area contributed by atoms with Crippen molar-refractivity contribution >= 4 is 46.7 Å². The fraction of sp³-hybridized carbons (Fsp3) is 0.438. The second-order valence-corrected chi connectivity index (χ2v) is 6.93. The molecule has 0 aromatic heterocycles. The maximum absolute atomic E-state index is 12.5. The number of hydrogen-bond donors (Lipinski definition) is 3. The molecule has 1 saturated heterocycles. The lowest BCUT2D eigenvalue weighted by atomic mass is 10.2. The van der Waals surface area contributed by atoms with Crippen LogP contribution >= 0.6 is 23.2 Å². The summed E-state index contributed by atoms with van der Waals surface area (Å²) in [6, 6.07) is 2.67. The predicted octanol–water partition coefficient (Wildman–Crippen LogP) is 2.78. The van der Waals surface area contributed by atoms with Crippen LogP contribution in [0.5, 0.6) is 0 Å². The molecule has 28 heavy (non-hydrogen) atoms. The number of hydrogen-bond acceptors (Lipinski definition) is 4. The molecule has 1 aliphatic heterocycles.